The lowest BCUT2D eigenvalue weighted by molar-refractivity contribution is -0.123. The smallest absolute Gasteiger partial charge is 0.263 e. The van der Waals surface area contributed by atoms with Crippen LogP contribution in [0.15, 0.2) is 18.2 Å². The maximum Gasteiger partial charge on any atom is 0.263 e. The number of carbonyl (C=O) groups is 4. The number of amides is 4. The van der Waals surface area contributed by atoms with E-state index in [1.165, 1.54) is 4.90 Å². The zero-order valence-electron chi connectivity index (χ0n) is 19.8. The molecule has 1 saturated heterocycles. The number of anilines is 1. The third-order valence-corrected chi connectivity index (χ3v) is 6.44. The van der Waals surface area contributed by atoms with Crippen molar-refractivity contribution in [2.45, 2.75) is 25.3 Å². The van der Waals surface area contributed by atoms with Crippen molar-refractivity contribution in [3.8, 4) is 0 Å². The number of imide groups is 1. The van der Waals surface area contributed by atoms with Crippen LogP contribution in [0.25, 0.3) is 0 Å². The average Bonchev–Trinajstić information content (AvgIpc) is 3.08. The molecule has 36 heavy (non-hydrogen) atoms. The van der Waals surface area contributed by atoms with Gasteiger partial charge in [0.15, 0.2) is 0 Å². The van der Waals surface area contributed by atoms with Gasteiger partial charge in [-0.15, -0.1) is 0 Å². The molecule has 13 nitrogen and oxygen atoms in total. The van der Waals surface area contributed by atoms with Crippen LogP contribution in [-0.2, 0) is 29.1 Å². The molecule has 4 amide bonds. The fourth-order valence-corrected chi connectivity index (χ4v) is 4.27. The first-order chi connectivity index (χ1) is 17.2. The first-order valence-corrected chi connectivity index (χ1v) is 13.3. The molecule has 5 N–H and O–H groups in total. The Kier molecular flexibility index (Phi) is 9.75. The summed E-state index contributed by atoms with van der Waals surface area (Å²) in [5.41, 5.74) is 1.21. The molecule has 0 bridgehead atoms. The second kappa shape index (κ2) is 12.8. The second-order valence-electron chi connectivity index (χ2n) is 8.32. The van der Waals surface area contributed by atoms with Crippen LogP contribution in [0.3, 0.4) is 0 Å². The highest BCUT2D eigenvalue weighted by Crippen LogP contribution is 2.31. The van der Waals surface area contributed by atoms with E-state index in [-0.39, 0.29) is 74.6 Å². The maximum absolute atomic E-state index is 13.0. The van der Waals surface area contributed by atoms with Gasteiger partial charge in [-0.3, -0.25) is 24.1 Å². The van der Waals surface area contributed by atoms with Gasteiger partial charge < -0.3 is 25.4 Å². The third kappa shape index (κ3) is 7.71. The Morgan fingerprint density at radius 2 is 1.83 bits per heavy atom. The molecular formula is C22H31N5O8S. The lowest BCUT2D eigenvalue weighted by Gasteiger charge is -2.29. The topological polar surface area (TPSA) is 186 Å². The van der Waals surface area contributed by atoms with Crippen molar-refractivity contribution in [2.24, 2.45) is 5.14 Å². The first kappa shape index (κ1) is 27.5. The molecule has 1 atom stereocenters. The fourth-order valence-electron chi connectivity index (χ4n) is 3.89. The van der Waals surface area contributed by atoms with Gasteiger partial charge in [0.2, 0.25) is 21.8 Å². The Bertz CT molecular complexity index is 1080. The third-order valence-electron chi connectivity index (χ3n) is 5.67. The number of hydrogen-bond donors (Lipinski definition) is 4. The molecule has 1 aromatic carbocycles. The zero-order valence-corrected chi connectivity index (χ0v) is 20.6. The number of fused-ring (bicyclic) bond motifs is 1. The number of hydrogen-bond acceptors (Lipinski definition) is 9. The molecule has 14 heteroatoms. The van der Waals surface area contributed by atoms with Crippen LogP contribution in [0.2, 0.25) is 0 Å². The monoisotopic (exact) mass is 525 g/mol. The van der Waals surface area contributed by atoms with Gasteiger partial charge in [0.05, 0.1) is 49.3 Å². The normalized spacial score (nSPS) is 17.6. The molecule has 2 aliphatic rings. The van der Waals surface area contributed by atoms with Crippen molar-refractivity contribution in [1.82, 2.24) is 15.5 Å². The lowest BCUT2D eigenvalue weighted by atomic mass is 10.1. The van der Waals surface area contributed by atoms with Crippen LogP contribution >= 0.6 is 0 Å². The van der Waals surface area contributed by atoms with Crippen molar-refractivity contribution in [3.63, 3.8) is 0 Å². The molecular weight excluding hydrogens is 494 g/mol. The lowest BCUT2D eigenvalue weighted by Crippen LogP contribution is -2.50. The number of piperidine rings is 1. The van der Waals surface area contributed by atoms with Crippen LogP contribution < -0.4 is 21.1 Å². The van der Waals surface area contributed by atoms with Crippen LogP contribution in [-0.4, -0.2) is 94.8 Å². The molecule has 0 saturated carbocycles. The minimum Gasteiger partial charge on any atom is -0.382 e. The quantitative estimate of drug-likeness (QED) is 0.171. The fraction of sp³-hybridized carbons (Fsp3) is 0.545. The summed E-state index contributed by atoms with van der Waals surface area (Å²) in [6.07, 6.45) is 0.806. The first-order valence-electron chi connectivity index (χ1n) is 11.6. The van der Waals surface area contributed by atoms with Crippen molar-refractivity contribution >= 4 is 39.3 Å². The molecule has 3 rings (SSSR count). The minimum absolute atomic E-state index is 0.0466. The number of benzene rings is 1. The van der Waals surface area contributed by atoms with E-state index in [1.807, 2.05) is 0 Å². The van der Waals surface area contributed by atoms with E-state index in [2.05, 4.69) is 16.0 Å². The van der Waals surface area contributed by atoms with Gasteiger partial charge in [-0.2, -0.15) is 0 Å². The Labute approximate surface area is 209 Å². The summed E-state index contributed by atoms with van der Waals surface area (Å²) in [4.78, 5) is 50.1. The molecule has 1 fully saturated rings. The van der Waals surface area contributed by atoms with Crippen molar-refractivity contribution in [1.29, 1.82) is 0 Å². The maximum atomic E-state index is 13.0. The van der Waals surface area contributed by atoms with E-state index in [9.17, 15) is 27.6 Å². The zero-order chi connectivity index (χ0) is 26.1. The summed E-state index contributed by atoms with van der Waals surface area (Å²) in [6.45, 7) is 1.65. The molecule has 2 aliphatic heterocycles. The molecule has 0 aliphatic carbocycles. The summed E-state index contributed by atoms with van der Waals surface area (Å²) in [5.74, 6) is -1.47. The number of nitrogens with two attached hydrogens (primary N) is 1. The van der Waals surface area contributed by atoms with E-state index >= 15 is 0 Å². The standard InChI is InChI=1S/C22H31N5O8S/c23-36(32,33)13-8-25-19(29)6-9-34-11-12-35-10-7-24-17-3-1-2-16-20(17)22(31)27(21(16)30)15-4-5-18(28)26-14-15/h1-3,15,24H,4-14H2,(H,25,29)(H,26,28)(H2,23,32,33). The second-order valence-corrected chi connectivity index (χ2v) is 10.1. The van der Waals surface area contributed by atoms with Crippen LogP contribution in [0.5, 0.6) is 0 Å². The van der Waals surface area contributed by atoms with Gasteiger partial charge in [0.1, 0.15) is 0 Å². The van der Waals surface area contributed by atoms with E-state index in [4.69, 9.17) is 14.6 Å². The number of primary sulfonamides is 1. The minimum atomic E-state index is -3.61. The Morgan fingerprint density at radius 3 is 2.53 bits per heavy atom. The SMILES string of the molecule is NS(=O)(=O)CCNC(=O)CCOCCOCCNc1cccc2c1C(=O)N(C1CCC(=O)NC1)C2=O. The molecule has 0 aromatic heterocycles. The van der Waals surface area contributed by atoms with Gasteiger partial charge in [-0.25, -0.2) is 13.6 Å². The average molecular weight is 526 g/mol. The molecule has 198 valence electrons. The summed E-state index contributed by atoms with van der Waals surface area (Å²) in [6, 6.07) is 4.70. The van der Waals surface area contributed by atoms with Gasteiger partial charge >= 0.3 is 0 Å². The highest BCUT2D eigenvalue weighted by Gasteiger charge is 2.42. The van der Waals surface area contributed by atoms with Gasteiger partial charge in [-0.05, 0) is 18.6 Å². The highest BCUT2D eigenvalue weighted by atomic mass is 32.2. The summed E-state index contributed by atoms with van der Waals surface area (Å²) in [5, 5.41) is 13.1. The number of ether oxygens (including phenoxy) is 2. The summed E-state index contributed by atoms with van der Waals surface area (Å²) >= 11 is 0. The number of rotatable bonds is 14. The van der Waals surface area contributed by atoms with Gasteiger partial charge in [0.25, 0.3) is 11.8 Å². The summed E-state index contributed by atoms with van der Waals surface area (Å²) in [7, 11) is -3.61. The number of carbonyl (C=O) groups excluding carboxylic acids is 4. The van der Waals surface area contributed by atoms with Gasteiger partial charge in [-0.1, -0.05) is 6.07 Å². The highest BCUT2D eigenvalue weighted by molar-refractivity contribution is 7.89. The Hall–Kier alpha value is -3.07. The predicted molar refractivity (Wildman–Crippen MR) is 129 cm³/mol. The Balaban J connectivity index is 1.33. The number of sulfonamides is 1. The predicted octanol–water partition coefficient (Wildman–Crippen LogP) is -1.20. The van der Waals surface area contributed by atoms with E-state index in [0.717, 1.165) is 0 Å². The molecule has 1 unspecified atom stereocenters. The van der Waals surface area contributed by atoms with Crippen molar-refractivity contribution < 1.29 is 37.1 Å². The van der Waals surface area contributed by atoms with Crippen molar-refractivity contribution in [2.75, 3.05) is 57.1 Å². The van der Waals surface area contributed by atoms with E-state index in [0.29, 0.717) is 43.0 Å². The summed E-state index contributed by atoms with van der Waals surface area (Å²) < 4.78 is 32.4. The molecule has 2 heterocycles. The Morgan fingerprint density at radius 1 is 1.08 bits per heavy atom. The number of nitrogens with zero attached hydrogens (tertiary/aromatic N) is 1. The van der Waals surface area contributed by atoms with Crippen LogP contribution in [0, 0.1) is 0 Å². The molecule has 1 aromatic rings. The largest absolute Gasteiger partial charge is 0.382 e. The van der Waals surface area contributed by atoms with Crippen LogP contribution in [0.1, 0.15) is 40.0 Å². The van der Waals surface area contributed by atoms with Crippen molar-refractivity contribution in [3.05, 3.63) is 29.3 Å². The molecule has 0 radical (unpaired) electrons. The number of nitrogens with one attached hydrogen (secondary N) is 3. The molecule has 0 spiro atoms. The van der Waals surface area contributed by atoms with E-state index < -0.39 is 10.0 Å². The van der Waals surface area contributed by atoms with E-state index in [1.54, 1.807) is 18.2 Å². The van der Waals surface area contributed by atoms with Gasteiger partial charge in [0, 0.05) is 38.2 Å². The van der Waals surface area contributed by atoms with Crippen LogP contribution in [0.4, 0.5) is 5.69 Å².